The first-order valence-electron chi connectivity index (χ1n) is 36.1. The lowest BCUT2D eigenvalue weighted by Gasteiger charge is -2.27. The van der Waals surface area contributed by atoms with Gasteiger partial charge in [-0.3, -0.25) is 9.97 Å². The number of hydrogen-bond donors (Lipinski definition) is 0. The Bertz CT molecular complexity index is 5900. The molecule has 0 saturated carbocycles. The summed E-state index contributed by atoms with van der Waals surface area (Å²) in [5.74, 6) is 0. The summed E-state index contributed by atoms with van der Waals surface area (Å²) in [6, 6.07) is 141. The highest BCUT2D eigenvalue weighted by Gasteiger charge is 2.27. The smallest absolute Gasteiger partial charge is 0.0619 e. The monoisotopic (exact) mass is 1350 g/mol. The number of para-hydroxylation sites is 2. The van der Waals surface area contributed by atoms with Crippen molar-refractivity contribution in [2.75, 3.05) is 9.80 Å². The molecule has 19 rings (SSSR count). The highest BCUT2D eigenvalue weighted by molar-refractivity contribution is 6.22. The van der Waals surface area contributed by atoms with Crippen LogP contribution in [0.15, 0.2) is 413 Å². The molecular formula is C100H68N6. The fraction of sp³-hybridized carbons (Fsp3) is 0. The summed E-state index contributed by atoms with van der Waals surface area (Å²) in [5.41, 5.74) is 29.0. The van der Waals surface area contributed by atoms with Gasteiger partial charge in [0, 0.05) is 92.2 Å². The van der Waals surface area contributed by atoms with Crippen LogP contribution in [0.3, 0.4) is 0 Å². The molecule has 0 aliphatic rings. The molecule has 0 bridgehead atoms. The molecule has 15 aromatic carbocycles. The van der Waals surface area contributed by atoms with Crippen molar-refractivity contribution in [1.29, 1.82) is 0 Å². The van der Waals surface area contributed by atoms with Crippen LogP contribution in [0, 0.1) is 0 Å². The van der Waals surface area contributed by atoms with Crippen molar-refractivity contribution in [3.05, 3.63) is 413 Å². The highest BCUT2D eigenvalue weighted by atomic mass is 15.2. The van der Waals surface area contributed by atoms with Crippen LogP contribution in [0.4, 0.5) is 34.1 Å². The number of anilines is 6. The van der Waals surface area contributed by atoms with Gasteiger partial charge in [-0.15, -0.1) is 0 Å². The molecule has 0 amide bonds. The minimum absolute atomic E-state index is 1.03. The van der Waals surface area contributed by atoms with Crippen molar-refractivity contribution >= 4 is 77.5 Å². The number of pyridine rings is 2. The Morgan fingerprint density at radius 1 is 0.179 bits per heavy atom. The van der Waals surface area contributed by atoms with E-state index in [1.165, 1.54) is 54.6 Å². The molecular weight excluding hydrogens is 1290 g/mol. The lowest BCUT2D eigenvalue weighted by molar-refractivity contribution is 1.13. The van der Waals surface area contributed by atoms with Crippen LogP contribution in [-0.2, 0) is 0 Å². The summed E-state index contributed by atoms with van der Waals surface area (Å²) in [4.78, 5) is 13.5. The largest absolute Gasteiger partial charge is 0.310 e. The SMILES string of the molecule is c1ccc(-c2c(-c3ccccc3)n(-c3ccccc3)c3cc(N(c4ccc(-c5ccncc5)cc4)c4ccc(-c5c6ccccc6c(-c6ccc(N(c7ccc(-c8ccncc8)cc7)c7ccc8c(-c9ccccc9)c(-c9ccccc9)n(-c9ccccc9)c8c7)cc6)c6ccccc56)cc4)ccc23)cc1. The lowest BCUT2D eigenvalue weighted by atomic mass is 9.86. The van der Waals surface area contributed by atoms with Gasteiger partial charge in [0.1, 0.15) is 0 Å². The minimum atomic E-state index is 1.03. The van der Waals surface area contributed by atoms with Crippen LogP contribution in [0.1, 0.15) is 0 Å². The number of nitrogens with zero attached hydrogens (tertiary/aromatic N) is 6. The van der Waals surface area contributed by atoms with Crippen molar-refractivity contribution in [2.24, 2.45) is 0 Å². The summed E-state index contributed by atoms with van der Waals surface area (Å²) in [5, 5.41) is 7.07. The van der Waals surface area contributed by atoms with E-state index < -0.39 is 0 Å². The van der Waals surface area contributed by atoms with E-state index in [2.05, 4.69) is 417 Å². The third kappa shape index (κ3) is 11.3. The summed E-state index contributed by atoms with van der Waals surface area (Å²) < 4.78 is 4.90. The number of rotatable bonds is 16. The molecule has 6 heteroatoms. The van der Waals surface area contributed by atoms with Gasteiger partial charge >= 0.3 is 0 Å². The molecule has 106 heavy (non-hydrogen) atoms. The molecule has 0 saturated heterocycles. The fourth-order valence-electron chi connectivity index (χ4n) is 15.9. The molecule has 4 aromatic heterocycles. The second-order valence-corrected chi connectivity index (χ2v) is 26.8. The Morgan fingerprint density at radius 3 is 0.736 bits per heavy atom. The number of fused-ring (bicyclic) bond motifs is 4. The van der Waals surface area contributed by atoms with E-state index in [0.717, 1.165) is 124 Å². The third-order valence-corrected chi connectivity index (χ3v) is 20.7. The first kappa shape index (κ1) is 62.8. The Labute approximate surface area is 616 Å². The van der Waals surface area contributed by atoms with Gasteiger partial charge in [0.05, 0.1) is 22.4 Å². The molecule has 19 aromatic rings. The van der Waals surface area contributed by atoms with Crippen LogP contribution in [-0.4, -0.2) is 19.1 Å². The van der Waals surface area contributed by atoms with E-state index in [4.69, 9.17) is 0 Å². The Balaban J connectivity index is 0.741. The van der Waals surface area contributed by atoms with Crippen molar-refractivity contribution < 1.29 is 0 Å². The molecule has 6 nitrogen and oxygen atoms in total. The van der Waals surface area contributed by atoms with Crippen LogP contribution in [0.25, 0.3) is 144 Å². The summed E-state index contributed by atoms with van der Waals surface area (Å²) in [6.07, 6.45) is 7.42. The maximum absolute atomic E-state index is 4.33. The van der Waals surface area contributed by atoms with E-state index in [-0.39, 0.29) is 0 Å². The van der Waals surface area contributed by atoms with Crippen LogP contribution < -0.4 is 9.80 Å². The molecule has 0 aliphatic carbocycles. The molecule has 0 radical (unpaired) electrons. The zero-order chi connectivity index (χ0) is 70.3. The van der Waals surface area contributed by atoms with E-state index in [0.29, 0.717) is 0 Å². The maximum atomic E-state index is 4.33. The second kappa shape index (κ2) is 27.3. The molecule has 4 heterocycles. The second-order valence-electron chi connectivity index (χ2n) is 26.8. The maximum Gasteiger partial charge on any atom is 0.0619 e. The quantitative estimate of drug-likeness (QED) is 0.0904. The van der Waals surface area contributed by atoms with Gasteiger partial charge in [-0.2, -0.15) is 0 Å². The van der Waals surface area contributed by atoms with Gasteiger partial charge < -0.3 is 18.9 Å². The van der Waals surface area contributed by atoms with Crippen molar-refractivity contribution in [1.82, 2.24) is 19.1 Å². The van der Waals surface area contributed by atoms with Crippen molar-refractivity contribution in [2.45, 2.75) is 0 Å². The number of benzene rings is 15. The molecule has 0 atom stereocenters. The van der Waals surface area contributed by atoms with Crippen LogP contribution in [0.5, 0.6) is 0 Å². The molecule has 498 valence electrons. The predicted molar refractivity (Wildman–Crippen MR) is 444 cm³/mol. The summed E-state index contributed by atoms with van der Waals surface area (Å²) in [6.45, 7) is 0. The number of hydrogen-bond acceptors (Lipinski definition) is 4. The predicted octanol–water partition coefficient (Wildman–Crippen LogP) is 26.9. The van der Waals surface area contributed by atoms with Gasteiger partial charge in [-0.25, -0.2) is 0 Å². The number of aromatic nitrogens is 4. The van der Waals surface area contributed by atoms with Gasteiger partial charge in [0.25, 0.3) is 0 Å². The molecule has 0 aliphatic heterocycles. The van der Waals surface area contributed by atoms with Crippen molar-refractivity contribution in [3.8, 4) is 101 Å². The zero-order valence-corrected chi connectivity index (χ0v) is 57.9. The topological polar surface area (TPSA) is 42.1 Å². The van der Waals surface area contributed by atoms with E-state index in [1.54, 1.807) is 0 Å². The van der Waals surface area contributed by atoms with Gasteiger partial charge in [-0.1, -0.05) is 267 Å². The first-order valence-corrected chi connectivity index (χ1v) is 36.1. The standard InChI is InChI=1S/C100H68N6/c1-7-23-73(24-8-1)97-91-57-55-85(67-93(91)105(79-31-15-5-16-32-79)99(97)77-27-11-3-12-28-77)103(81-47-39-69(40-48-81)71-59-63-101-64-60-71)83-51-43-75(44-52-83)95-87-35-19-21-37-89(87)96(90-38-22-20-36-88(90)95)76-45-53-84(54-46-76)104(82-49-41-70(42-50-82)72-61-65-102-66-62-72)86-56-58-92-94(68-86)106(80-33-17-6-18-34-80)100(78-29-13-4-14-30-78)98(92)74-25-9-2-10-26-74/h1-68H. The van der Waals surface area contributed by atoms with E-state index in [1.807, 2.05) is 24.8 Å². The Hall–Kier alpha value is -14.2. The van der Waals surface area contributed by atoms with Crippen LogP contribution >= 0.6 is 0 Å². The van der Waals surface area contributed by atoms with Gasteiger partial charge in [0.2, 0.25) is 0 Å². The molecule has 0 spiro atoms. The fourth-order valence-corrected chi connectivity index (χ4v) is 15.9. The molecule has 0 N–H and O–H groups in total. The average molecular weight is 1350 g/mol. The lowest BCUT2D eigenvalue weighted by Crippen LogP contribution is -2.10. The summed E-state index contributed by atoms with van der Waals surface area (Å²) in [7, 11) is 0. The Kier molecular flexibility index (Phi) is 16.2. The average Bonchev–Trinajstić information content (AvgIpc) is 1.23. The van der Waals surface area contributed by atoms with Gasteiger partial charge in [-0.05, 0) is 210 Å². The third-order valence-electron chi connectivity index (χ3n) is 20.7. The normalized spacial score (nSPS) is 11.4. The highest BCUT2D eigenvalue weighted by Crippen LogP contribution is 2.51. The molecule has 0 unspecified atom stereocenters. The van der Waals surface area contributed by atoms with Crippen molar-refractivity contribution in [3.63, 3.8) is 0 Å². The summed E-state index contributed by atoms with van der Waals surface area (Å²) >= 11 is 0. The zero-order valence-electron chi connectivity index (χ0n) is 57.9. The first-order chi connectivity index (χ1) is 52.6. The Morgan fingerprint density at radius 2 is 0.425 bits per heavy atom. The minimum Gasteiger partial charge on any atom is -0.310 e. The molecule has 0 fully saturated rings. The van der Waals surface area contributed by atoms with E-state index in [9.17, 15) is 0 Å². The van der Waals surface area contributed by atoms with Crippen LogP contribution in [0.2, 0.25) is 0 Å². The van der Waals surface area contributed by atoms with E-state index >= 15 is 0 Å². The van der Waals surface area contributed by atoms with Gasteiger partial charge in [0.15, 0.2) is 0 Å².